The Hall–Kier alpha value is -0.600. The van der Waals surface area contributed by atoms with Crippen LogP contribution in [0.2, 0.25) is 0 Å². The molecular weight excluding hydrogens is 126 g/mol. The molecule has 0 saturated carbocycles. The van der Waals surface area contributed by atoms with Gasteiger partial charge in [-0.25, -0.2) is 5.90 Å². The Kier molecular flexibility index (Phi) is 2.66. The van der Waals surface area contributed by atoms with Crippen molar-refractivity contribution in [2.24, 2.45) is 11.8 Å². The van der Waals surface area contributed by atoms with Gasteiger partial charge >= 0.3 is 0 Å². The van der Waals surface area contributed by atoms with Crippen LogP contribution in [0.4, 0.5) is 0 Å². The molecule has 1 aliphatic carbocycles. The molecular formula is C8H13NO. The summed E-state index contributed by atoms with van der Waals surface area (Å²) in [5, 5.41) is 0. The van der Waals surface area contributed by atoms with Crippen LogP contribution < -0.4 is 5.90 Å². The van der Waals surface area contributed by atoms with Crippen LogP contribution in [0.1, 0.15) is 13.3 Å². The molecule has 1 rings (SSSR count). The van der Waals surface area contributed by atoms with E-state index in [1.54, 1.807) is 0 Å². The number of nitrogens with two attached hydrogens (primary N) is 1. The summed E-state index contributed by atoms with van der Waals surface area (Å²) in [6.45, 7) is 1.98. The minimum Gasteiger partial charge on any atom is -0.301 e. The summed E-state index contributed by atoms with van der Waals surface area (Å²) in [5.41, 5.74) is 0. The molecule has 2 N–H and O–H groups in total. The van der Waals surface area contributed by atoms with Crippen LogP contribution in [-0.2, 0) is 4.84 Å². The molecule has 0 aliphatic heterocycles. The lowest BCUT2D eigenvalue weighted by Crippen LogP contribution is -2.22. The van der Waals surface area contributed by atoms with E-state index >= 15 is 0 Å². The maximum absolute atomic E-state index is 5.04. The van der Waals surface area contributed by atoms with E-state index in [4.69, 9.17) is 10.7 Å². The Morgan fingerprint density at radius 2 is 2.40 bits per heavy atom. The summed E-state index contributed by atoms with van der Waals surface area (Å²) in [6, 6.07) is 0. The van der Waals surface area contributed by atoms with Gasteiger partial charge in [-0.05, 0) is 13.3 Å². The van der Waals surface area contributed by atoms with Gasteiger partial charge in [-0.1, -0.05) is 24.3 Å². The predicted molar refractivity (Wildman–Crippen MR) is 41.1 cm³/mol. The topological polar surface area (TPSA) is 35.2 Å². The Balaban J connectivity index is 2.42. The quantitative estimate of drug-likeness (QED) is 0.587. The molecule has 2 nitrogen and oxygen atoms in total. The van der Waals surface area contributed by atoms with Gasteiger partial charge in [0, 0.05) is 5.92 Å². The molecule has 0 saturated heterocycles. The second-order valence-electron chi connectivity index (χ2n) is 2.55. The SMILES string of the molecule is CC(ON)C1C=CC=CC1. The molecule has 0 radical (unpaired) electrons. The second kappa shape index (κ2) is 3.54. The van der Waals surface area contributed by atoms with Gasteiger partial charge in [0.05, 0.1) is 6.10 Å². The van der Waals surface area contributed by atoms with Crippen molar-refractivity contribution in [3.05, 3.63) is 24.3 Å². The molecule has 10 heavy (non-hydrogen) atoms. The highest BCUT2D eigenvalue weighted by molar-refractivity contribution is 5.11. The Morgan fingerprint density at radius 1 is 1.60 bits per heavy atom. The first-order chi connectivity index (χ1) is 4.84. The first-order valence-corrected chi connectivity index (χ1v) is 3.53. The molecule has 0 aromatic carbocycles. The summed E-state index contributed by atoms with van der Waals surface area (Å²) < 4.78 is 0. The van der Waals surface area contributed by atoms with Crippen LogP contribution in [0.3, 0.4) is 0 Å². The maximum Gasteiger partial charge on any atom is 0.0824 e. The van der Waals surface area contributed by atoms with Crippen molar-refractivity contribution in [2.45, 2.75) is 19.4 Å². The number of allylic oxidation sites excluding steroid dienone is 3. The van der Waals surface area contributed by atoms with E-state index in [0.29, 0.717) is 5.92 Å². The highest BCUT2D eigenvalue weighted by atomic mass is 16.6. The van der Waals surface area contributed by atoms with Gasteiger partial charge in [0.25, 0.3) is 0 Å². The molecule has 0 aromatic heterocycles. The van der Waals surface area contributed by atoms with Crippen LogP contribution >= 0.6 is 0 Å². The van der Waals surface area contributed by atoms with Gasteiger partial charge in [-0.2, -0.15) is 0 Å². The molecule has 56 valence electrons. The Morgan fingerprint density at radius 3 is 2.90 bits per heavy atom. The van der Waals surface area contributed by atoms with E-state index in [0.717, 1.165) is 6.42 Å². The van der Waals surface area contributed by atoms with Crippen molar-refractivity contribution < 1.29 is 4.84 Å². The lowest BCUT2D eigenvalue weighted by molar-refractivity contribution is 0.0385. The maximum atomic E-state index is 5.04. The first-order valence-electron chi connectivity index (χ1n) is 3.53. The third-order valence-electron chi connectivity index (χ3n) is 1.83. The Bertz CT molecular complexity index is 151. The molecule has 0 fully saturated rings. The fraction of sp³-hybridized carbons (Fsp3) is 0.500. The minimum atomic E-state index is 0.126. The highest BCUT2D eigenvalue weighted by Gasteiger charge is 2.13. The molecule has 0 bridgehead atoms. The molecule has 0 amide bonds. The van der Waals surface area contributed by atoms with E-state index in [1.165, 1.54) is 0 Å². The highest BCUT2D eigenvalue weighted by Crippen LogP contribution is 2.16. The van der Waals surface area contributed by atoms with Crippen LogP contribution in [0.15, 0.2) is 24.3 Å². The minimum absolute atomic E-state index is 0.126. The van der Waals surface area contributed by atoms with E-state index in [2.05, 4.69) is 12.2 Å². The molecule has 2 unspecified atom stereocenters. The lowest BCUT2D eigenvalue weighted by Gasteiger charge is -2.18. The van der Waals surface area contributed by atoms with E-state index < -0.39 is 0 Å². The van der Waals surface area contributed by atoms with Crippen molar-refractivity contribution in [3.8, 4) is 0 Å². The summed E-state index contributed by atoms with van der Waals surface area (Å²) >= 11 is 0. The lowest BCUT2D eigenvalue weighted by atomic mass is 9.96. The van der Waals surface area contributed by atoms with Crippen LogP contribution in [0.25, 0.3) is 0 Å². The van der Waals surface area contributed by atoms with Crippen molar-refractivity contribution in [1.82, 2.24) is 0 Å². The summed E-state index contributed by atoms with van der Waals surface area (Å²) in [6.07, 6.45) is 9.48. The zero-order chi connectivity index (χ0) is 7.40. The summed E-state index contributed by atoms with van der Waals surface area (Å²) in [4.78, 5) is 4.70. The molecule has 0 heterocycles. The predicted octanol–water partition coefficient (Wildman–Crippen LogP) is 1.40. The fourth-order valence-electron chi connectivity index (χ4n) is 1.05. The van der Waals surface area contributed by atoms with Crippen molar-refractivity contribution in [1.29, 1.82) is 0 Å². The Labute approximate surface area is 61.3 Å². The standard InChI is InChI=1S/C8H13NO/c1-7(10-9)8-5-3-2-4-6-8/h2-5,7-8H,6,9H2,1H3. The second-order valence-corrected chi connectivity index (χ2v) is 2.55. The average molecular weight is 139 g/mol. The van der Waals surface area contributed by atoms with Crippen LogP contribution in [0, 0.1) is 5.92 Å². The average Bonchev–Trinajstić information content (AvgIpc) is 2.05. The van der Waals surface area contributed by atoms with Crippen molar-refractivity contribution >= 4 is 0 Å². The number of rotatable bonds is 2. The van der Waals surface area contributed by atoms with Crippen LogP contribution in [-0.4, -0.2) is 6.10 Å². The van der Waals surface area contributed by atoms with Crippen molar-refractivity contribution in [3.63, 3.8) is 0 Å². The van der Waals surface area contributed by atoms with Crippen LogP contribution in [0.5, 0.6) is 0 Å². The van der Waals surface area contributed by atoms with Gasteiger partial charge in [-0.15, -0.1) is 0 Å². The molecule has 0 aromatic rings. The smallest absolute Gasteiger partial charge is 0.0824 e. The number of hydrogen-bond acceptors (Lipinski definition) is 2. The normalized spacial score (nSPS) is 26.8. The van der Waals surface area contributed by atoms with Gasteiger partial charge in [-0.3, -0.25) is 0 Å². The van der Waals surface area contributed by atoms with Gasteiger partial charge < -0.3 is 4.84 Å². The van der Waals surface area contributed by atoms with E-state index in [9.17, 15) is 0 Å². The van der Waals surface area contributed by atoms with Gasteiger partial charge in [0.15, 0.2) is 0 Å². The third-order valence-corrected chi connectivity index (χ3v) is 1.83. The number of hydrogen-bond donors (Lipinski definition) is 1. The molecule has 1 aliphatic rings. The van der Waals surface area contributed by atoms with Gasteiger partial charge in [0.1, 0.15) is 0 Å². The molecule has 2 atom stereocenters. The van der Waals surface area contributed by atoms with Crippen molar-refractivity contribution in [2.75, 3.05) is 0 Å². The largest absolute Gasteiger partial charge is 0.301 e. The first kappa shape index (κ1) is 7.51. The monoisotopic (exact) mass is 139 g/mol. The zero-order valence-corrected chi connectivity index (χ0v) is 6.16. The fourth-order valence-corrected chi connectivity index (χ4v) is 1.05. The van der Waals surface area contributed by atoms with Gasteiger partial charge in [0.2, 0.25) is 0 Å². The summed E-state index contributed by atoms with van der Waals surface area (Å²) in [5.74, 6) is 5.50. The van der Waals surface area contributed by atoms with E-state index in [1.807, 2.05) is 19.1 Å². The zero-order valence-electron chi connectivity index (χ0n) is 6.16. The molecule has 0 spiro atoms. The van der Waals surface area contributed by atoms with E-state index in [-0.39, 0.29) is 6.10 Å². The molecule has 2 heteroatoms. The third kappa shape index (κ3) is 1.69. The summed E-state index contributed by atoms with van der Waals surface area (Å²) in [7, 11) is 0.